The zero-order chi connectivity index (χ0) is 10.4. The number of rotatable bonds is 2. The summed E-state index contributed by atoms with van der Waals surface area (Å²) in [5, 5.41) is 12.0. The van der Waals surface area contributed by atoms with E-state index in [0.29, 0.717) is 11.1 Å². The summed E-state index contributed by atoms with van der Waals surface area (Å²) in [5.41, 5.74) is 1.25. The highest BCUT2D eigenvalue weighted by atomic mass is 16.7. The van der Waals surface area contributed by atoms with Crippen LogP contribution < -0.4 is 0 Å². The molecule has 14 heavy (non-hydrogen) atoms. The molecule has 0 bridgehead atoms. The van der Waals surface area contributed by atoms with Gasteiger partial charge in [0.25, 0.3) is 0 Å². The van der Waals surface area contributed by atoms with Crippen LogP contribution in [0.3, 0.4) is 0 Å². The molecule has 0 atom stereocenters. The van der Waals surface area contributed by atoms with Crippen LogP contribution in [0.15, 0.2) is 29.4 Å². The molecule has 0 fully saturated rings. The molecule has 1 aromatic carbocycles. The number of oxime groups is 1. The summed E-state index contributed by atoms with van der Waals surface area (Å²) >= 11 is 0. The Kier molecular flexibility index (Phi) is 3.39. The fourth-order valence-electron chi connectivity index (χ4n) is 0.850. The van der Waals surface area contributed by atoms with Crippen molar-refractivity contribution in [3.8, 4) is 6.07 Å². The molecule has 0 aromatic heterocycles. The van der Waals surface area contributed by atoms with E-state index in [4.69, 9.17) is 5.26 Å². The van der Waals surface area contributed by atoms with Gasteiger partial charge in [-0.2, -0.15) is 5.26 Å². The second-order valence-electron chi connectivity index (χ2n) is 2.55. The summed E-state index contributed by atoms with van der Waals surface area (Å²) in [6.45, 7) is 1.27. The molecule has 0 saturated carbocycles. The van der Waals surface area contributed by atoms with Gasteiger partial charge in [0, 0.05) is 6.92 Å². The van der Waals surface area contributed by atoms with Gasteiger partial charge in [0.15, 0.2) is 0 Å². The number of hydrogen-bond acceptors (Lipinski definition) is 4. The van der Waals surface area contributed by atoms with Gasteiger partial charge >= 0.3 is 5.97 Å². The predicted molar refractivity (Wildman–Crippen MR) is 50.5 cm³/mol. The second kappa shape index (κ2) is 4.77. The van der Waals surface area contributed by atoms with E-state index in [1.54, 1.807) is 24.3 Å². The van der Waals surface area contributed by atoms with Gasteiger partial charge in [0.05, 0.1) is 17.8 Å². The van der Waals surface area contributed by atoms with Crippen LogP contribution in [0.25, 0.3) is 0 Å². The van der Waals surface area contributed by atoms with Crippen LogP contribution in [0.5, 0.6) is 0 Å². The predicted octanol–water partition coefficient (Wildman–Crippen LogP) is 1.46. The van der Waals surface area contributed by atoms with Crippen LogP contribution in [0.1, 0.15) is 18.1 Å². The second-order valence-corrected chi connectivity index (χ2v) is 2.55. The third-order valence-corrected chi connectivity index (χ3v) is 1.40. The lowest BCUT2D eigenvalue weighted by Crippen LogP contribution is -1.91. The lowest BCUT2D eigenvalue weighted by Gasteiger charge is -1.92. The van der Waals surface area contributed by atoms with E-state index in [1.807, 2.05) is 6.07 Å². The smallest absolute Gasteiger partial charge is 0.319 e. The van der Waals surface area contributed by atoms with E-state index in [-0.39, 0.29) is 0 Å². The SMILES string of the molecule is CC(=O)ON=Cc1cccc(C#N)c1. The van der Waals surface area contributed by atoms with E-state index in [9.17, 15) is 4.79 Å². The maximum Gasteiger partial charge on any atom is 0.331 e. The quantitative estimate of drug-likeness (QED) is 0.401. The van der Waals surface area contributed by atoms with Gasteiger partial charge in [-0.05, 0) is 17.7 Å². The van der Waals surface area contributed by atoms with Crippen molar-refractivity contribution in [1.82, 2.24) is 0 Å². The first-order chi connectivity index (χ1) is 6.72. The molecule has 0 spiro atoms. The Morgan fingerprint density at radius 1 is 1.64 bits per heavy atom. The van der Waals surface area contributed by atoms with Crippen LogP contribution in [-0.2, 0) is 9.63 Å². The number of carbonyl (C=O) groups excluding carboxylic acids is 1. The Morgan fingerprint density at radius 2 is 2.43 bits per heavy atom. The average Bonchev–Trinajstić information content (AvgIpc) is 2.18. The van der Waals surface area contributed by atoms with E-state index < -0.39 is 5.97 Å². The maximum absolute atomic E-state index is 10.4. The first kappa shape index (κ1) is 9.93. The summed E-state index contributed by atoms with van der Waals surface area (Å²) in [4.78, 5) is 14.7. The monoisotopic (exact) mass is 188 g/mol. The summed E-state index contributed by atoms with van der Waals surface area (Å²) < 4.78 is 0. The average molecular weight is 188 g/mol. The molecule has 70 valence electrons. The van der Waals surface area contributed by atoms with Crippen molar-refractivity contribution in [2.45, 2.75) is 6.92 Å². The Balaban J connectivity index is 2.72. The number of nitriles is 1. The lowest BCUT2D eigenvalue weighted by molar-refractivity contribution is -0.140. The molecule has 0 aliphatic heterocycles. The Bertz CT molecular complexity index is 405. The number of hydrogen-bond donors (Lipinski definition) is 0. The third kappa shape index (κ3) is 3.07. The van der Waals surface area contributed by atoms with Crippen molar-refractivity contribution >= 4 is 12.2 Å². The molecule has 0 amide bonds. The number of benzene rings is 1. The molecule has 0 unspecified atom stereocenters. The van der Waals surface area contributed by atoms with Gasteiger partial charge in [-0.25, -0.2) is 4.79 Å². The summed E-state index contributed by atoms with van der Waals surface area (Å²) in [6.07, 6.45) is 1.38. The zero-order valence-corrected chi connectivity index (χ0v) is 7.60. The molecule has 0 radical (unpaired) electrons. The van der Waals surface area contributed by atoms with Crippen molar-refractivity contribution in [1.29, 1.82) is 5.26 Å². The van der Waals surface area contributed by atoms with Crippen molar-refractivity contribution in [2.24, 2.45) is 5.16 Å². The zero-order valence-electron chi connectivity index (χ0n) is 7.60. The molecule has 0 aliphatic rings. The van der Waals surface area contributed by atoms with Crippen molar-refractivity contribution in [3.05, 3.63) is 35.4 Å². The van der Waals surface area contributed by atoms with E-state index in [2.05, 4.69) is 9.99 Å². The molecule has 4 nitrogen and oxygen atoms in total. The molecule has 0 aliphatic carbocycles. The lowest BCUT2D eigenvalue weighted by atomic mass is 10.1. The molecule has 4 heteroatoms. The van der Waals surface area contributed by atoms with Crippen LogP contribution in [0, 0.1) is 11.3 Å². The van der Waals surface area contributed by atoms with E-state index in [1.165, 1.54) is 13.1 Å². The molecule has 0 heterocycles. The Morgan fingerprint density at radius 3 is 3.07 bits per heavy atom. The molecule has 0 N–H and O–H groups in total. The van der Waals surface area contributed by atoms with E-state index in [0.717, 1.165) is 0 Å². The van der Waals surface area contributed by atoms with Crippen molar-refractivity contribution < 1.29 is 9.63 Å². The third-order valence-electron chi connectivity index (χ3n) is 1.40. The van der Waals surface area contributed by atoms with Crippen LogP contribution in [0.4, 0.5) is 0 Å². The topological polar surface area (TPSA) is 62.4 Å². The summed E-state index contributed by atoms with van der Waals surface area (Å²) in [6, 6.07) is 8.81. The van der Waals surface area contributed by atoms with Gasteiger partial charge in [0.2, 0.25) is 0 Å². The van der Waals surface area contributed by atoms with Gasteiger partial charge in [-0.3, -0.25) is 0 Å². The molecule has 1 aromatic rings. The first-order valence-corrected chi connectivity index (χ1v) is 3.93. The van der Waals surface area contributed by atoms with Gasteiger partial charge in [-0.1, -0.05) is 17.3 Å². The number of nitrogens with zero attached hydrogens (tertiary/aromatic N) is 2. The minimum atomic E-state index is -0.474. The summed E-state index contributed by atoms with van der Waals surface area (Å²) in [7, 11) is 0. The van der Waals surface area contributed by atoms with Gasteiger partial charge in [0.1, 0.15) is 0 Å². The number of carbonyl (C=O) groups is 1. The normalized spacial score (nSPS) is 9.71. The fraction of sp³-hybridized carbons (Fsp3) is 0.100. The highest BCUT2D eigenvalue weighted by Crippen LogP contribution is 2.01. The fourth-order valence-corrected chi connectivity index (χ4v) is 0.850. The van der Waals surface area contributed by atoms with Crippen LogP contribution in [-0.4, -0.2) is 12.2 Å². The highest BCUT2D eigenvalue weighted by Gasteiger charge is 1.92. The van der Waals surface area contributed by atoms with Gasteiger partial charge in [-0.15, -0.1) is 0 Å². The Hall–Kier alpha value is -2.15. The minimum absolute atomic E-state index is 0.474. The highest BCUT2D eigenvalue weighted by molar-refractivity contribution is 5.80. The van der Waals surface area contributed by atoms with Crippen molar-refractivity contribution in [2.75, 3.05) is 0 Å². The standard InChI is InChI=1S/C10H8N2O2/c1-8(13)14-12-7-10-4-2-3-9(5-10)6-11/h2-5,7H,1H3. The van der Waals surface area contributed by atoms with E-state index >= 15 is 0 Å². The molecule has 1 rings (SSSR count). The Labute approximate surface area is 81.4 Å². The first-order valence-electron chi connectivity index (χ1n) is 3.93. The molecular formula is C10H8N2O2. The summed E-state index contributed by atoms with van der Waals surface area (Å²) in [5.74, 6) is -0.474. The molecule has 0 saturated heterocycles. The van der Waals surface area contributed by atoms with Crippen LogP contribution >= 0.6 is 0 Å². The largest absolute Gasteiger partial charge is 0.331 e. The molecular weight excluding hydrogens is 180 g/mol. The maximum atomic E-state index is 10.4. The van der Waals surface area contributed by atoms with Crippen LogP contribution in [0.2, 0.25) is 0 Å². The van der Waals surface area contributed by atoms with Gasteiger partial charge < -0.3 is 4.84 Å². The van der Waals surface area contributed by atoms with Crippen molar-refractivity contribution in [3.63, 3.8) is 0 Å². The minimum Gasteiger partial charge on any atom is -0.319 e.